The molecular formula is C15H19F2NO4. The summed E-state index contributed by atoms with van der Waals surface area (Å²) in [5.41, 5.74) is -1.99. The number of carboxylic acid groups (broad SMARTS) is 1. The van der Waals surface area contributed by atoms with Crippen LogP contribution in [0.5, 0.6) is 5.75 Å². The van der Waals surface area contributed by atoms with Gasteiger partial charge < -0.3 is 15.2 Å². The highest BCUT2D eigenvalue weighted by atomic mass is 19.3. The summed E-state index contributed by atoms with van der Waals surface area (Å²) in [5, 5.41) is 11.9. The first-order chi connectivity index (χ1) is 9.97. The molecule has 1 aromatic carbocycles. The van der Waals surface area contributed by atoms with Crippen molar-refractivity contribution in [2.24, 2.45) is 5.41 Å². The minimum Gasteiger partial charge on any atom is -0.481 e. The van der Waals surface area contributed by atoms with E-state index in [0.29, 0.717) is 0 Å². The van der Waals surface area contributed by atoms with Gasteiger partial charge in [0, 0.05) is 5.56 Å². The van der Waals surface area contributed by atoms with E-state index in [1.165, 1.54) is 38.1 Å². The molecule has 1 aromatic rings. The summed E-state index contributed by atoms with van der Waals surface area (Å²) in [6.45, 7) is 3.29. The fourth-order valence-corrected chi connectivity index (χ4v) is 1.57. The van der Waals surface area contributed by atoms with Gasteiger partial charge in [0.25, 0.3) is 5.91 Å². The topological polar surface area (TPSA) is 75.6 Å². The number of carbonyl (C=O) groups excluding carboxylic acids is 1. The van der Waals surface area contributed by atoms with Crippen molar-refractivity contribution in [3.8, 4) is 5.75 Å². The van der Waals surface area contributed by atoms with E-state index in [2.05, 4.69) is 10.1 Å². The second kappa shape index (κ2) is 6.29. The molecule has 0 aliphatic carbocycles. The van der Waals surface area contributed by atoms with Crippen molar-refractivity contribution in [2.75, 3.05) is 0 Å². The van der Waals surface area contributed by atoms with E-state index in [4.69, 9.17) is 0 Å². The van der Waals surface area contributed by atoms with Crippen LogP contribution < -0.4 is 10.1 Å². The summed E-state index contributed by atoms with van der Waals surface area (Å²) in [6, 6.07) is 5.15. The fraction of sp³-hybridized carbons (Fsp3) is 0.467. The average molecular weight is 315 g/mol. The third kappa shape index (κ3) is 3.93. The van der Waals surface area contributed by atoms with E-state index < -0.39 is 29.4 Å². The standard InChI is InChI=1S/C15H19F2NO4/c1-14(2,12(20)21)15(3,4)18-11(19)9-5-7-10(8-6-9)22-13(16)17/h5-8,13H,1-4H3,(H,18,19)(H,20,21). The number of ether oxygens (including phenoxy) is 1. The Balaban J connectivity index is 2.87. The monoisotopic (exact) mass is 315 g/mol. The summed E-state index contributed by atoms with van der Waals surface area (Å²) < 4.78 is 28.3. The van der Waals surface area contributed by atoms with Gasteiger partial charge in [0.2, 0.25) is 0 Å². The number of rotatable bonds is 6. The van der Waals surface area contributed by atoms with E-state index in [1.54, 1.807) is 13.8 Å². The quantitative estimate of drug-likeness (QED) is 0.846. The number of carbonyl (C=O) groups is 2. The number of carboxylic acids is 1. The van der Waals surface area contributed by atoms with Crippen LogP contribution in [-0.2, 0) is 4.79 Å². The van der Waals surface area contributed by atoms with Crippen LogP contribution in [0, 0.1) is 5.41 Å². The van der Waals surface area contributed by atoms with E-state index in [-0.39, 0.29) is 11.3 Å². The highest BCUT2D eigenvalue weighted by molar-refractivity contribution is 5.95. The van der Waals surface area contributed by atoms with Crippen LogP contribution in [0.15, 0.2) is 24.3 Å². The van der Waals surface area contributed by atoms with Crippen molar-refractivity contribution in [1.29, 1.82) is 0 Å². The maximum absolute atomic E-state index is 12.2. The Morgan fingerprint density at radius 3 is 2.05 bits per heavy atom. The predicted octanol–water partition coefficient (Wildman–Crippen LogP) is 2.91. The van der Waals surface area contributed by atoms with Crippen LogP contribution in [-0.4, -0.2) is 29.1 Å². The van der Waals surface area contributed by atoms with Crippen LogP contribution in [0.2, 0.25) is 0 Å². The molecule has 0 atom stereocenters. The van der Waals surface area contributed by atoms with Gasteiger partial charge in [-0.25, -0.2) is 0 Å². The van der Waals surface area contributed by atoms with E-state index in [9.17, 15) is 23.5 Å². The van der Waals surface area contributed by atoms with Gasteiger partial charge >= 0.3 is 12.6 Å². The summed E-state index contributed by atoms with van der Waals surface area (Å²) in [5.74, 6) is -1.60. The van der Waals surface area contributed by atoms with Gasteiger partial charge in [-0.2, -0.15) is 8.78 Å². The number of hydrogen-bond donors (Lipinski definition) is 2. The third-order valence-corrected chi connectivity index (χ3v) is 3.86. The highest BCUT2D eigenvalue weighted by Gasteiger charge is 2.44. The number of alkyl halides is 2. The molecule has 0 bridgehead atoms. The van der Waals surface area contributed by atoms with Crippen molar-refractivity contribution in [3.05, 3.63) is 29.8 Å². The second-order valence-corrected chi connectivity index (χ2v) is 5.91. The molecule has 0 fully saturated rings. The highest BCUT2D eigenvalue weighted by Crippen LogP contribution is 2.31. The van der Waals surface area contributed by atoms with Crippen LogP contribution in [0.3, 0.4) is 0 Å². The molecule has 0 heterocycles. The number of halogens is 2. The SMILES string of the molecule is CC(C)(NC(=O)c1ccc(OC(F)F)cc1)C(C)(C)C(=O)O. The molecular weight excluding hydrogens is 296 g/mol. The van der Waals surface area contributed by atoms with Crippen molar-refractivity contribution >= 4 is 11.9 Å². The molecule has 5 nitrogen and oxygen atoms in total. The third-order valence-electron chi connectivity index (χ3n) is 3.86. The Bertz CT molecular complexity index is 553. The normalized spacial score (nSPS) is 12.1. The fourth-order valence-electron chi connectivity index (χ4n) is 1.57. The summed E-state index contributed by atoms with van der Waals surface area (Å²) in [4.78, 5) is 23.5. The number of amides is 1. The van der Waals surface area contributed by atoms with Crippen LogP contribution in [0.4, 0.5) is 8.78 Å². The van der Waals surface area contributed by atoms with Crippen LogP contribution >= 0.6 is 0 Å². The lowest BCUT2D eigenvalue weighted by Crippen LogP contribution is -2.56. The molecule has 0 radical (unpaired) electrons. The molecule has 0 aliphatic heterocycles. The smallest absolute Gasteiger partial charge is 0.387 e. The summed E-state index contributed by atoms with van der Waals surface area (Å²) in [7, 11) is 0. The van der Waals surface area contributed by atoms with Crippen molar-refractivity contribution in [3.63, 3.8) is 0 Å². The first-order valence-corrected chi connectivity index (χ1v) is 6.58. The lowest BCUT2D eigenvalue weighted by atomic mass is 9.74. The molecule has 7 heteroatoms. The minimum absolute atomic E-state index is 0.0586. The Hall–Kier alpha value is -2.18. The van der Waals surface area contributed by atoms with Crippen LogP contribution in [0.1, 0.15) is 38.1 Å². The summed E-state index contributed by atoms with van der Waals surface area (Å²) in [6.07, 6.45) is 0. The molecule has 1 rings (SSSR count). The molecule has 122 valence electrons. The van der Waals surface area contributed by atoms with Crippen LogP contribution in [0.25, 0.3) is 0 Å². The Kier molecular flexibility index (Phi) is 5.11. The Morgan fingerprint density at radius 1 is 1.14 bits per heavy atom. The van der Waals surface area contributed by atoms with E-state index in [0.717, 1.165) is 0 Å². The lowest BCUT2D eigenvalue weighted by molar-refractivity contribution is -0.150. The molecule has 0 saturated carbocycles. The largest absolute Gasteiger partial charge is 0.481 e. The number of benzene rings is 1. The Morgan fingerprint density at radius 2 is 1.64 bits per heavy atom. The van der Waals surface area contributed by atoms with E-state index >= 15 is 0 Å². The predicted molar refractivity (Wildman–Crippen MR) is 76.0 cm³/mol. The number of aliphatic carboxylic acids is 1. The summed E-state index contributed by atoms with van der Waals surface area (Å²) >= 11 is 0. The molecule has 22 heavy (non-hydrogen) atoms. The van der Waals surface area contributed by atoms with Gasteiger partial charge in [-0.1, -0.05) is 0 Å². The second-order valence-electron chi connectivity index (χ2n) is 5.91. The average Bonchev–Trinajstić information content (AvgIpc) is 2.37. The van der Waals surface area contributed by atoms with Gasteiger partial charge in [-0.05, 0) is 52.0 Å². The van der Waals surface area contributed by atoms with Gasteiger partial charge in [0.15, 0.2) is 0 Å². The number of hydrogen-bond acceptors (Lipinski definition) is 3. The molecule has 0 saturated heterocycles. The van der Waals surface area contributed by atoms with Gasteiger partial charge in [0.05, 0.1) is 11.0 Å². The van der Waals surface area contributed by atoms with Crippen molar-refractivity contribution in [2.45, 2.75) is 39.8 Å². The van der Waals surface area contributed by atoms with Crippen molar-refractivity contribution < 1.29 is 28.2 Å². The van der Waals surface area contributed by atoms with E-state index in [1.807, 2.05) is 0 Å². The first-order valence-electron chi connectivity index (χ1n) is 6.58. The molecule has 0 unspecified atom stereocenters. The maximum atomic E-state index is 12.2. The molecule has 2 N–H and O–H groups in total. The molecule has 0 spiro atoms. The maximum Gasteiger partial charge on any atom is 0.387 e. The van der Waals surface area contributed by atoms with Crippen molar-refractivity contribution in [1.82, 2.24) is 5.32 Å². The van der Waals surface area contributed by atoms with Gasteiger partial charge in [0.1, 0.15) is 5.75 Å². The lowest BCUT2D eigenvalue weighted by Gasteiger charge is -2.38. The zero-order valence-electron chi connectivity index (χ0n) is 12.8. The zero-order chi connectivity index (χ0) is 17.1. The zero-order valence-corrected chi connectivity index (χ0v) is 12.8. The number of nitrogens with one attached hydrogen (secondary N) is 1. The molecule has 1 amide bonds. The molecule has 0 aromatic heterocycles. The van der Waals surface area contributed by atoms with Gasteiger partial charge in [-0.3, -0.25) is 9.59 Å². The van der Waals surface area contributed by atoms with Gasteiger partial charge in [-0.15, -0.1) is 0 Å². The first kappa shape index (κ1) is 17.9. The Labute approximate surface area is 127 Å². The molecule has 0 aliphatic rings. The minimum atomic E-state index is -2.94.